The minimum Gasteiger partial charge on any atom is -0.350 e. The van der Waals surface area contributed by atoms with E-state index < -0.39 is 6.04 Å². The smallest absolute Gasteiger partial charge is 0.242 e. The van der Waals surface area contributed by atoms with E-state index >= 15 is 0 Å². The SMILES string of the molecule is CC(NC(=O)CCCn1nnc(-c2ccccc2)n1)C(=O)NC(C)(C)C. The standard InChI is InChI=1S/C18H26N6O2/c1-13(17(26)20-18(2,3)4)19-15(25)11-8-12-24-22-16(21-23-24)14-9-6-5-7-10-14/h5-7,9-10,13H,8,11-12H2,1-4H3,(H,19,25)(H,20,26). The van der Waals surface area contributed by atoms with Crippen LogP contribution in [0.25, 0.3) is 11.4 Å². The quantitative estimate of drug-likeness (QED) is 0.782. The van der Waals surface area contributed by atoms with Crippen LogP contribution in [0, 0.1) is 0 Å². The Hall–Kier alpha value is -2.77. The largest absolute Gasteiger partial charge is 0.350 e. The molecule has 8 nitrogen and oxygen atoms in total. The molecule has 0 aliphatic carbocycles. The van der Waals surface area contributed by atoms with Crippen molar-refractivity contribution in [3.05, 3.63) is 30.3 Å². The van der Waals surface area contributed by atoms with Gasteiger partial charge in [0.2, 0.25) is 17.6 Å². The lowest BCUT2D eigenvalue weighted by Crippen LogP contribution is -2.50. The van der Waals surface area contributed by atoms with Crippen LogP contribution in [0.2, 0.25) is 0 Å². The molecule has 0 aliphatic heterocycles. The normalized spacial score (nSPS) is 12.5. The van der Waals surface area contributed by atoms with Crippen molar-refractivity contribution in [2.75, 3.05) is 0 Å². The number of hydrogen-bond acceptors (Lipinski definition) is 5. The van der Waals surface area contributed by atoms with Gasteiger partial charge in [0.1, 0.15) is 6.04 Å². The van der Waals surface area contributed by atoms with E-state index in [-0.39, 0.29) is 23.8 Å². The summed E-state index contributed by atoms with van der Waals surface area (Å²) in [6.45, 7) is 7.84. The van der Waals surface area contributed by atoms with Crippen LogP contribution in [-0.2, 0) is 16.1 Å². The summed E-state index contributed by atoms with van der Waals surface area (Å²) >= 11 is 0. The summed E-state index contributed by atoms with van der Waals surface area (Å²) in [6, 6.07) is 9.01. The number of rotatable bonds is 7. The Morgan fingerprint density at radius 3 is 2.54 bits per heavy atom. The van der Waals surface area contributed by atoms with Gasteiger partial charge in [0, 0.05) is 17.5 Å². The first-order valence-corrected chi connectivity index (χ1v) is 8.69. The first-order valence-electron chi connectivity index (χ1n) is 8.69. The molecule has 0 saturated heterocycles. The number of nitrogens with zero attached hydrogens (tertiary/aromatic N) is 4. The lowest BCUT2D eigenvalue weighted by molar-refractivity contribution is -0.129. The molecule has 2 rings (SSSR count). The lowest BCUT2D eigenvalue weighted by Gasteiger charge is -2.23. The van der Waals surface area contributed by atoms with Gasteiger partial charge in [-0.1, -0.05) is 30.3 Å². The maximum atomic E-state index is 12.0. The fourth-order valence-electron chi connectivity index (χ4n) is 2.28. The number of aryl methyl sites for hydroxylation is 1. The fraction of sp³-hybridized carbons (Fsp3) is 0.500. The van der Waals surface area contributed by atoms with Crippen LogP contribution in [0.1, 0.15) is 40.5 Å². The zero-order valence-electron chi connectivity index (χ0n) is 15.7. The van der Waals surface area contributed by atoms with Crippen LogP contribution in [-0.4, -0.2) is 43.6 Å². The molecule has 26 heavy (non-hydrogen) atoms. The summed E-state index contributed by atoms with van der Waals surface area (Å²) in [5.41, 5.74) is 0.570. The van der Waals surface area contributed by atoms with Gasteiger partial charge in [-0.3, -0.25) is 9.59 Å². The number of carbonyl (C=O) groups is 2. The summed E-state index contributed by atoms with van der Waals surface area (Å²) in [4.78, 5) is 25.4. The average Bonchev–Trinajstić information content (AvgIpc) is 3.03. The molecule has 8 heteroatoms. The lowest BCUT2D eigenvalue weighted by atomic mass is 10.1. The number of tetrazole rings is 1. The summed E-state index contributed by atoms with van der Waals surface area (Å²) in [5.74, 6) is 0.184. The van der Waals surface area contributed by atoms with Crippen molar-refractivity contribution < 1.29 is 9.59 Å². The Morgan fingerprint density at radius 2 is 1.88 bits per heavy atom. The molecule has 0 bridgehead atoms. The minimum absolute atomic E-state index is 0.176. The van der Waals surface area contributed by atoms with Crippen molar-refractivity contribution in [1.82, 2.24) is 30.8 Å². The van der Waals surface area contributed by atoms with Crippen LogP contribution in [0.4, 0.5) is 0 Å². The second kappa shape index (κ2) is 8.55. The van der Waals surface area contributed by atoms with Gasteiger partial charge >= 0.3 is 0 Å². The zero-order valence-corrected chi connectivity index (χ0v) is 15.7. The van der Waals surface area contributed by atoms with Crippen LogP contribution >= 0.6 is 0 Å². The molecule has 0 saturated carbocycles. The van der Waals surface area contributed by atoms with Gasteiger partial charge in [-0.15, -0.1) is 10.2 Å². The van der Waals surface area contributed by atoms with Crippen molar-refractivity contribution in [3.8, 4) is 11.4 Å². The molecule has 1 unspecified atom stereocenters. The van der Waals surface area contributed by atoms with Crippen molar-refractivity contribution in [2.45, 2.75) is 58.7 Å². The molecular formula is C18H26N6O2. The first kappa shape index (κ1) is 19.6. The summed E-state index contributed by atoms with van der Waals surface area (Å²) in [6.07, 6.45) is 0.847. The molecule has 0 radical (unpaired) electrons. The van der Waals surface area contributed by atoms with Gasteiger partial charge in [-0.2, -0.15) is 4.80 Å². The van der Waals surface area contributed by atoms with E-state index in [1.807, 2.05) is 51.1 Å². The van der Waals surface area contributed by atoms with Crippen molar-refractivity contribution in [3.63, 3.8) is 0 Å². The van der Waals surface area contributed by atoms with E-state index in [0.717, 1.165) is 5.56 Å². The fourth-order valence-corrected chi connectivity index (χ4v) is 2.28. The summed E-state index contributed by atoms with van der Waals surface area (Å²) < 4.78 is 0. The number of hydrogen-bond donors (Lipinski definition) is 2. The first-order chi connectivity index (χ1) is 12.2. The number of amides is 2. The molecule has 1 atom stereocenters. The van der Waals surface area contributed by atoms with Crippen LogP contribution in [0.3, 0.4) is 0 Å². The maximum Gasteiger partial charge on any atom is 0.242 e. The number of carbonyl (C=O) groups excluding carboxylic acids is 2. The Morgan fingerprint density at radius 1 is 1.19 bits per heavy atom. The Labute approximate surface area is 153 Å². The zero-order chi connectivity index (χ0) is 19.2. The third-order valence-corrected chi connectivity index (χ3v) is 3.52. The van der Waals surface area contributed by atoms with E-state index in [9.17, 15) is 9.59 Å². The van der Waals surface area contributed by atoms with Gasteiger partial charge in [0.25, 0.3) is 0 Å². The molecule has 2 aromatic rings. The van der Waals surface area contributed by atoms with Crippen molar-refractivity contribution >= 4 is 11.8 Å². The van der Waals surface area contributed by atoms with Crippen molar-refractivity contribution in [2.24, 2.45) is 0 Å². The second-order valence-electron chi connectivity index (χ2n) is 7.21. The molecular weight excluding hydrogens is 332 g/mol. The number of benzene rings is 1. The van der Waals surface area contributed by atoms with E-state index in [0.29, 0.717) is 18.8 Å². The Balaban J connectivity index is 1.75. The predicted octanol–water partition coefficient (Wildman–Crippen LogP) is 1.54. The molecule has 140 valence electrons. The Kier molecular flexibility index (Phi) is 6.43. The van der Waals surface area contributed by atoms with Gasteiger partial charge in [0.15, 0.2) is 0 Å². The molecule has 0 spiro atoms. The second-order valence-corrected chi connectivity index (χ2v) is 7.21. The van der Waals surface area contributed by atoms with Gasteiger partial charge < -0.3 is 10.6 Å². The predicted molar refractivity (Wildman–Crippen MR) is 98.0 cm³/mol. The highest BCUT2D eigenvalue weighted by Crippen LogP contribution is 2.11. The van der Waals surface area contributed by atoms with Gasteiger partial charge in [-0.05, 0) is 39.3 Å². The highest BCUT2D eigenvalue weighted by molar-refractivity contribution is 5.87. The van der Waals surface area contributed by atoms with E-state index in [2.05, 4.69) is 26.0 Å². The minimum atomic E-state index is -0.573. The third-order valence-electron chi connectivity index (χ3n) is 3.52. The third kappa shape index (κ3) is 6.27. The molecule has 0 fully saturated rings. The summed E-state index contributed by atoms with van der Waals surface area (Å²) in [7, 11) is 0. The van der Waals surface area contributed by atoms with E-state index in [4.69, 9.17) is 0 Å². The van der Waals surface area contributed by atoms with E-state index in [1.54, 1.807) is 6.92 Å². The average molecular weight is 358 g/mol. The van der Waals surface area contributed by atoms with Crippen molar-refractivity contribution in [1.29, 1.82) is 0 Å². The maximum absolute atomic E-state index is 12.0. The molecule has 0 aliphatic rings. The monoisotopic (exact) mass is 358 g/mol. The van der Waals surface area contributed by atoms with Crippen LogP contribution in [0.5, 0.6) is 0 Å². The number of aromatic nitrogens is 4. The van der Waals surface area contributed by atoms with Gasteiger partial charge in [0.05, 0.1) is 6.54 Å². The van der Waals surface area contributed by atoms with E-state index in [1.165, 1.54) is 4.80 Å². The Bertz CT molecular complexity index is 736. The van der Waals surface area contributed by atoms with Gasteiger partial charge in [-0.25, -0.2) is 0 Å². The molecule has 1 heterocycles. The highest BCUT2D eigenvalue weighted by atomic mass is 16.2. The molecule has 2 amide bonds. The van der Waals surface area contributed by atoms with Crippen LogP contribution in [0.15, 0.2) is 30.3 Å². The molecule has 1 aromatic carbocycles. The topological polar surface area (TPSA) is 102 Å². The number of nitrogens with one attached hydrogen (secondary N) is 2. The molecule has 2 N–H and O–H groups in total. The highest BCUT2D eigenvalue weighted by Gasteiger charge is 2.20. The molecule has 1 aromatic heterocycles. The van der Waals surface area contributed by atoms with Crippen LogP contribution < -0.4 is 10.6 Å². The summed E-state index contributed by atoms with van der Waals surface area (Å²) in [5, 5.41) is 17.9.